The average molecular weight is 477 g/mol. The molecule has 34 heavy (non-hydrogen) atoms. The van der Waals surface area contributed by atoms with Crippen molar-refractivity contribution in [2.45, 2.75) is 13.5 Å². The van der Waals surface area contributed by atoms with Gasteiger partial charge in [0.15, 0.2) is 0 Å². The normalized spacial score (nSPS) is 14.5. The molecule has 0 bridgehead atoms. The summed E-state index contributed by atoms with van der Waals surface area (Å²) < 4.78 is 19.7. The van der Waals surface area contributed by atoms with Gasteiger partial charge in [0, 0.05) is 16.8 Å². The van der Waals surface area contributed by atoms with E-state index >= 15 is 0 Å². The number of halogens is 1. The predicted molar refractivity (Wildman–Crippen MR) is 130 cm³/mol. The van der Waals surface area contributed by atoms with Crippen LogP contribution in [0.4, 0.5) is 14.9 Å². The molecule has 0 saturated carbocycles. The molecule has 1 fully saturated rings. The van der Waals surface area contributed by atoms with E-state index in [1.807, 2.05) is 13.0 Å². The standard InChI is InChI=1S/C26H21FN2O4S/c1-17-7-6-10-20(13-17)28-24(30)15-29-25(31)23(34-26(29)32)14-18-8-3-5-12-22(18)33-16-19-9-2-4-11-21(19)27/h2-14H,15-16H2,1H3,(H,28,30)/b23-14+. The molecule has 3 aromatic rings. The van der Waals surface area contributed by atoms with Crippen LogP contribution in [0.15, 0.2) is 77.7 Å². The smallest absolute Gasteiger partial charge is 0.294 e. The number of hydrogen-bond acceptors (Lipinski definition) is 5. The van der Waals surface area contributed by atoms with E-state index in [0.29, 0.717) is 22.6 Å². The number of imide groups is 1. The summed E-state index contributed by atoms with van der Waals surface area (Å²) in [6, 6.07) is 20.5. The molecule has 1 aliphatic heterocycles. The number of carbonyl (C=O) groups excluding carboxylic acids is 3. The Morgan fingerprint density at radius 3 is 2.62 bits per heavy atom. The molecule has 3 aromatic carbocycles. The summed E-state index contributed by atoms with van der Waals surface area (Å²) in [5, 5.41) is 2.17. The van der Waals surface area contributed by atoms with Crippen LogP contribution in [-0.2, 0) is 16.2 Å². The van der Waals surface area contributed by atoms with Crippen molar-refractivity contribution >= 4 is 40.6 Å². The van der Waals surface area contributed by atoms with Gasteiger partial charge in [0.05, 0.1) is 4.91 Å². The summed E-state index contributed by atoms with van der Waals surface area (Å²) in [6.45, 7) is 1.52. The first-order valence-electron chi connectivity index (χ1n) is 10.5. The second-order valence-corrected chi connectivity index (χ2v) is 8.60. The Labute approximate surface area is 200 Å². The second-order valence-electron chi connectivity index (χ2n) is 7.60. The summed E-state index contributed by atoms with van der Waals surface area (Å²) in [6.07, 6.45) is 1.54. The van der Waals surface area contributed by atoms with Crippen LogP contribution in [0.25, 0.3) is 6.08 Å². The van der Waals surface area contributed by atoms with Crippen molar-refractivity contribution in [3.05, 3.63) is 100 Å². The van der Waals surface area contributed by atoms with E-state index in [2.05, 4.69) is 5.32 Å². The highest BCUT2D eigenvalue weighted by atomic mass is 32.2. The maximum Gasteiger partial charge on any atom is 0.294 e. The van der Waals surface area contributed by atoms with Crippen LogP contribution in [0.1, 0.15) is 16.7 Å². The van der Waals surface area contributed by atoms with E-state index in [9.17, 15) is 18.8 Å². The average Bonchev–Trinajstić information content (AvgIpc) is 3.06. The van der Waals surface area contributed by atoms with Gasteiger partial charge in [-0.05, 0) is 54.6 Å². The van der Waals surface area contributed by atoms with Crippen LogP contribution in [-0.4, -0.2) is 28.5 Å². The van der Waals surface area contributed by atoms with Gasteiger partial charge < -0.3 is 10.1 Å². The highest BCUT2D eigenvalue weighted by molar-refractivity contribution is 8.18. The van der Waals surface area contributed by atoms with E-state index in [1.165, 1.54) is 6.07 Å². The van der Waals surface area contributed by atoms with Crippen LogP contribution in [0, 0.1) is 12.7 Å². The summed E-state index contributed by atoms with van der Waals surface area (Å²) >= 11 is 0.756. The summed E-state index contributed by atoms with van der Waals surface area (Å²) in [5.74, 6) is -0.958. The summed E-state index contributed by atoms with van der Waals surface area (Å²) in [5.41, 5.74) is 2.53. The van der Waals surface area contributed by atoms with Gasteiger partial charge >= 0.3 is 0 Å². The highest BCUT2D eigenvalue weighted by Gasteiger charge is 2.36. The monoisotopic (exact) mass is 476 g/mol. The molecule has 4 rings (SSSR count). The van der Waals surface area contributed by atoms with Gasteiger partial charge in [-0.3, -0.25) is 19.3 Å². The molecule has 0 aromatic heterocycles. The van der Waals surface area contributed by atoms with Crippen LogP contribution in [0.2, 0.25) is 0 Å². The van der Waals surface area contributed by atoms with Crippen LogP contribution >= 0.6 is 11.8 Å². The molecule has 3 amide bonds. The largest absolute Gasteiger partial charge is 0.488 e. The lowest BCUT2D eigenvalue weighted by atomic mass is 10.1. The number of amides is 3. The van der Waals surface area contributed by atoms with Gasteiger partial charge in [0.1, 0.15) is 24.7 Å². The predicted octanol–water partition coefficient (Wildman–Crippen LogP) is 5.39. The van der Waals surface area contributed by atoms with Crippen molar-refractivity contribution in [1.82, 2.24) is 4.90 Å². The number of thioether (sulfide) groups is 1. The first-order valence-corrected chi connectivity index (χ1v) is 11.3. The number of nitrogens with zero attached hydrogens (tertiary/aromatic N) is 1. The first-order chi connectivity index (χ1) is 16.4. The lowest BCUT2D eigenvalue weighted by Gasteiger charge is -2.13. The highest BCUT2D eigenvalue weighted by Crippen LogP contribution is 2.34. The molecule has 6 nitrogen and oxygen atoms in total. The third-order valence-corrected chi connectivity index (χ3v) is 5.93. The number of hydrogen-bond donors (Lipinski definition) is 1. The molecule has 0 atom stereocenters. The van der Waals surface area contributed by atoms with Gasteiger partial charge in [0.25, 0.3) is 11.1 Å². The number of anilines is 1. The molecule has 1 N–H and O–H groups in total. The zero-order valence-electron chi connectivity index (χ0n) is 18.3. The number of ether oxygens (including phenoxy) is 1. The zero-order valence-corrected chi connectivity index (χ0v) is 19.1. The van der Waals surface area contributed by atoms with Gasteiger partial charge in [-0.15, -0.1) is 0 Å². The minimum atomic E-state index is -0.557. The molecule has 0 unspecified atom stereocenters. The van der Waals surface area contributed by atoms with Crippen molar-refractivity contribution in [3.8, 4) is 5.75 Å². The van der Waals surface area contributed by atoms with E-state index in [4.69, 9.17) is 4.74 Å². The lowest BCUT2D eigenvalue weighted by molar-refractivity contribution is -0.127. The summed E-state index contributed by atoms with van der Waals surface area (Å²) in [4.78, 5) is 38.8. The number of aryl methyl sites for hydroxylation is 1. The van der Waals surface area contributed by atoms with E-state index in [0.717, 1.165) is 22.2 Å². The minimum absolute atomic E-state index is 0.0120. The van der Waals surface area contributed by atoms with Crippen molar-refractivity contribution < 1.29 is 23.5 Å². The molecule has 0 aliphatic carbocycles. The van der Waals surface area contributed by atoms with Crippen LogP contribution < -0.4 is 10.1 Å². The van der Waals surface area contributed by atoms with Crippen LogP contribution in [0.5, 0.6) is 5.75 Å². The number of nitrogens with one attached hydrogen (secondary N) is 1. The quantitative estimate of drug-likeness (QED) is 0.463. The first kappa shape index (κ1) is 23.3. The number of benzene rings is 3. The Balaban J connectivity index is 1.46. The molecule has 172 valence electrons. The SMILES string of the molecule is Cc1cccc(NC(=O)CN2C(=O)S/C(=C/c3ccccc3OCc3ccccc3F)C2=O)c1. The molecular weight excluding hydrogens is 455 g/mol. The van der Waals surface area contributed by atoms with Crippen molar-refractivity contribution in [2.75, 3.05) is 11.9 Å². The van der Waals surface area contributed by atoms with Gasteiger partial charge in [-0.2, -0.15) is 0 Å². The van der Waals surface area contributed by atoms with Crippen molar-refractivity contribution in [1.29, 1.82) is 0 Å². The van der Waals surface area contributed by atoms with Gasteiger partial charge in [0.2, 0.25) is 5.91 Å². The Bertz CT molecular complexity index is 1290. The maximum atomic E-state index is 13.9. The third-order valence-electron chi connectivity index (χ3n) is 5.02. The number of carbonyl (C=O) groups is 3. The lowest BCUT2D eigenvalue weighted by Crippen LogP contribution is -2.36. The fourth-order valence-electron chi connectivity index (χ4n) is 3.35. The molecule has 1 saturated heterocycles. The molecule has 1 heterocycles. The van der Waals surface area contributed by atoms with E-state index < -0.39 is 17.1 Å². The number of para-hydroxylation sites is 1. The summed E-state index contributed by atoms with van der Waals surface area (Å²) in [7, 11) is 0. The fraction of sp³-hybridized carbons (Fsp3) is 0.115. The van der Waals surface area contributed by atoms with E-state index in [-0.39, 0.29) is 23.9 Å². The minimum Gasteiger partial charge on any atom is -0.488 e. The maximum absolute atomic E-state index is 13.9. The molecule has 0 spiro atoms. The topological polar surface area (TPSA) is 75.7 Å². The van der Waals surface area contributed by atoms with Crippen molar-refractivity contribution in [3.63, 3.8) is 0 Å². The zero-order chi connectivity index (χ0) is 24.1. The molecule has 1 aliphatic rings. The van der Waals surface area contributed by atoms with E-state index in [1.54, 1.807) is 66.7 Å². The molecule has 8 heteroatoms. The Morgan fingerprint density at radius 1 is 1.06 bits per heavy atom. The fourth-order valence-corrected chi connectivity index (χ4v) is 4.18. The van der Waals surface area contributed by atoms with Gasteiger partial charge in [-0.1, -0.05) is 48.5 Å². The van der Waals surface area contributed by atoms with Crippen molar-refractivity contribution in [2.24, 2.45) is 0 Å². The van der Waals surface area contributed by atoms with Gasteiger partial charge in [-0.25, -0.2) is 4.39 Å². The molecule has 0 radical (unpaired) electrons. The Hall–Kier alpha value is -3.91. The molecular formula is C26H21FN2O4S. The third kappa shape index (κ3) is 5.52. The Kier molecular flexibility index (Phi) is 7.08. The Morgan fingerprint density at radius 2 is 1.82 bits per heavy atom. The second kappa shape index (κ2) is 10.4. The number of rotatable bonds is 7. The van der Waals surface area contributed by atoms with Crippen LogP contribution in [0.3, 0.4) is 0 Å².